The van der Waals surface area contributed by atoms with Crippen LogP contribution in [0.1, 0.15) is 31.8 Å². The average molecular weight is 392 g/mol. The quantitative estimate of drug-likeness (QED) is 0.464. The molecule has 0 spiro atoms. The van der Waals surface area contributed by atoms with Crippen molar-refractivity contribution in [3.63, 3.8) is 0 Å². The third kappa shape index (κ3) is 3.52. The summed E-state index contributed by atoms with van der Waals surface area (Å²) in [5.74, 6) is 3.83. The number of fused-ring (bicyclic) bond motifs is 1. The summed E-state index contributed by atoms with van der Waals surface area (Å²) < 4.78 is 0. The Morgan fingerprint density at radius 3 is 2.03 bits per heavy atom. The van der Waals surface area contributed by atoms with Gasteiger partial charge in [0.25, 0.3) is 0 Å². The van der Waals surface area contributed by atoms with Crippen molar-refractivity contribution in [1.29, 1.82) is 0 Å². The summed E-state index contributed by atoms with van der Waals surface area (Å²) >= 11 is 0. The van der Waals surface area contributed by atoms with E-state index in [4.69, 9.17) is 0 Å². The predicted molar refractivity (Wildman–Crippen MR) is 116 cm³/mol. The molecule has 0 aliphatic rings. The van der Waals surface area contributed by atoms with E-state index in [0.717, 1.165) is 16.7 Å². The molecule has 0 aliphatic carbocycles. The van der Waals surface area contributed by atoms with Gasteiger partial charge in [0.2, 0.25) is 0 Å². The molecule has 0 atom stereocenters. The monoisotopic (exact) mass is 392 g/mol. The molecule has 4 aromatic rings. The minimum absolute atomic E-state index is 0.000271. The van der Waals surface area contributed by atoms with Crippen LogP contribution in [0, 0.1) is 11.8 Å². The number of hydrogen-bond donors (Lipinski definition) is 2. The number of hydrogen-bond acceptors (Lipinski definition) is 2. The van der Waals surface area contributed by atoms with Gasteiger partial charge in [-0.2, -0.15) is 0 Å². The van der Waals surface area contributed by atoms with E-state index in [0.29, 0.717) is 16.3 Å². The number of carbonyl (C=O) groups is 2. The standard InChI is InChI=1S/C26H16O4/c27-25(28)23-12-6-11-22-21(23)16-15-19(24(22)26(29)30)14-13-18-9-4-5-10-20(18)17-7-2-1-3-8-17/h1-12,15-16H,(H,27,28)(H,29,30). The smallest absolute Gasteiger partial charge is 0.337 e. The van der Waals surface area contributed by atoms with Crippen LogP contribution >= 0.6 is 0 Å². The van der Waals surface area contributed by atoms with Gasteiger partial charge >= 0.3 is 11.9 Å². The first kappa shape index (κ1) is 19.0. The first-order valence-electron chi connectivity index (χ1n) is 9.25. The lowest BCUT2D eigenvalue weighted by atomic mass is 9.95. The van der Waals surface area contributed by atoms with Crippen LogP contribution in [0.5, 0.6) is 0 Å². The van der Waals surface area contributed by atoms with E-state index in [1.807, 2.05) is 54.6 Å². The lowest BCUT2D eigenvalue weighted by Gasteiger charge is -2.08. The van der Waals surface area contributed by atoms with Gasteiger partial charge in [-0.3, -0.25) is 0 Å². The topological polar surface area (TPSA) is 74.6 Å². The van der Waals surface area contributed by atoms with Crippen molar-refractivity contribution in [2.75, 3.05) is 0 Å². The molecule has 0 saturated heterocycles. The van der Waals surface area contributed by atoms with Crippen LogP contribution in [0.4, 0.5) is 0 Å². The summed E-state index contributed by atoms with van der Waals surface area (Å²) in [7, 11) is 0. The Balaban J connectivity index is 1.88. The Morgan fingerprint density at radius 1 is 0.600 bits per heavy atom. The Morgan fingerprint density at radius 2 is 1.30 bits per heavy atom. The SMILES string of the molecule is O=C(O)c1cccc2c(C(=O)O)c(C#Cc3ccccc3-c3ccccc3)ccc12. The Hall–Kier alpha value is -4.36. The number of rotatable bonds is 3. The zero-order chi connectivity index (χ0) is 21.1. The van der Waals surface area contributed by atoms with Crippen LogP contribution in [-0.2, 0) is 0 Å². The first-order chi connectivity index (χ1) is 14.6. The molecule has 2 N–H and O–H groups in total. The minimum Gasteiger partial charge on any atom is -0.478 e. The highest BCUT2D eigenvalue weighted by Crippen LogP contribution is 2.26. The normalized spacial score (nSPS) is 10.3. The maximum absolute atomic E-state index is 12.0. The number of carboxylic acids is 2. The third-order valence-corrected chi connectivity index (χ3v) is 4.85. The Labute approximate surface area is 173 Å². The maximum atomic E-state index is 12.0. The lowest BCUT2D eigenvalue weighted by molar-refractivity contribution is 0.0686. The molecule has 0 fully saturated rings. The van der Waals surface area contributed by atoms with E-state index in [1.165, 1.54) is 6.07 Å². The maximum Gasteiger partial charge on any atom is 0.337 e. The lowest BCUT2D eigenvalue weighted by Crippen LogP contribution is -2.04. The fourth-order valence-electron chi connectivity index (χ4n) is 3.48. The van der Waals surface area contributed by atoms with Crippen molar-refractivity contribution in [2.24, 2.45) is 0 Å². The molecular weight excluding hydrogens is 376 g/mol. The third-order valence-electron chi connectivity index (χ3n) is 4.85. The molecule has 0 radical (unpaired) electrons. The molecule has 4 heteroatoms. The molecule has 0 aliphatic heterocycles. The van der Waals surface area contributed by atoms with Gasteiger partial charge in [0, 0.05) is 11.1 Å². The highest BCUT2D eigenvalue weighted by Gasteiger charge is 2.17. The Kier molecular flexibility index (Phi) is 5.02. The van der Waals surface area contributed by atoms with Gasteiger partial charge in [-0.15, -0.1) is 0 Å². The molecule has 0 unspecified atom stereocenters. The van der Waals surface area contributed by atoms with Crippen LogP contribution < -0.4 is 0 Å². The number of carboxylic acid groups (broad SMARTS) is 2. The number of benzene rings is 4. The van der Waals surface area contributed by atoms with E-state index in [-0.39, 0.29) is 11.1 Å². The zero-order valence-corrected chi connectivity index (χ0v) is 15.8. The molecule has 4 aromatic carbocycles. The molecule has 0 saturated carbocycles. The van der Waals surface area contributed by atoms with E-state index in [1.54, 1.807) is 24.3 Å². The first-order valence-corrected chi connectivity index (χ1v) is 9.25. The fourth-order valence-corrected chi connectivity index (χ4v) is 3.48. The summed E-state index contributed by atoms with van der Waals surface area (Å²) in [6.45, 7) is 0. The minimum atomic E-state index is -1.15. The van der Waals surface area contributed by atoms with E-state index in [9.17, 15) is 19.8 Å². The van der Waals surface area contributed by atoms with Gasteiger partial charge in [-0.05, 0) is 40.1 Å². The summed E-state index contributed by atoms with van der Waals surface area (Å²) in [6.07, 6.45) is 0. The average Bonchev–Trinajstić information content (AvgIpc) is 2.77. The highest BCUT2D eigenvalue weighted by molar-refractivity contribution is 6.11. The molecule has 0 heterocycles. The van der Waals surface area contributed by atoms with E-state index >= 15 is 0 Å². The molecular formula is C26H16O4. The van der Waals surface area contributed by atoms with E-state index in [2.05, 4.69) is 11.8 Å². The second-order valence-electron chi connectivity index (χ2n) is 6.66. The van der Waals surface area contributed by atoms with Crippen LogP contribution in [0.25, 0.3) is 21.9 Å². The molecule has 30 heavy (non-hydrogen) atoms. The van der Waals surface area contributed by atoms with Crippen molar-refractivity contribution in [1.82, 2.24) is 0 Å². The van der Waals surface area contributed by atoms with Crippen molar-refractivity contribution in [3.8, 4) is 23.0 Å². The summed E-state index contributed by atoms with van der Waals surface area (Å²) in [6, 6.07) is 25.3. The van der Waals surface area contributed by atoms with Crippen LogP contribution in [0.15, 0.2) is 84.9 Å². The summed E-state index contributed by atoms with van der Waals surface area (Å²) in [4.78, 5) is 23.5. The van der Waals surface area contributed by atoms with Gasteiger partial charge < -0.3 is 10.2 Å². The molecule has 0 amide bonds. The highest BCUT2D eigenvalue weighted by atomic mass is 16.4. The predicted octanol–water partition coefficient (Wildman–Crippen LogP) is 5.30. The van der Waals surface area contributed by atoms with Crippen LogP contribution in [0.3, 0.4) is 0 Å². The summed E-state index contributed by atoms with van der Waals surface area (Å²) in [5.41, 5.74) is 3.14. The van der Waals surface area contributed by atoms with Gasteiger partial charge in [-0.25, -0.2) is 9.59 Å². The number of aromatic carboxylic acids is 2. The van der Waals surface area contributed by atoms with Crippen molar-refractivity contribution >= 4 is 22.7 Å². The molecule has 4 rings (SSSR count). The zero-order valence-electron chi connectivity index (χ0n) is 15.8. The summed E-state index contributed by atoms with van der Waals surface area (Å²) in [5, 5.41) is 19.9. The van der Waals surface area contributed by atoms with Crippen LogP contribution in [-0.4, -0.2) is 22.2 Å². The van der Waals surface area contributed by atoms with Crippen LogP contribution in [0.2, 0.25) is 0 Å². The molecule has 4 nitrogen and oxygen atoms in total. The van der Waals surface area contributed by atoms with Gasteiger partial charge in [0.1, 0.15) is 0 Å². The second kappa shape index (κ2) is 7.94. The van der Waals surface area contributed by atoms with Crippen molar-refractivity contribution in [3.05, 3.63) is 107 Å². The van der Waals surface area contributed by atoms with E-state index < -0.39 is 11.9 Å². The molecule has 0 bridgehead atoms. The van der Waals surface area contributed by atoms with Gasteiger partial charge in [0.15, 0.2) is 0 Å². The largest absolute Gasteiger partial charge is 0.478 e. The molecule has 144 valence electrons. The second-order valence-corrected chi connectivity index (χ2v) is 6.66. The molecule has 0 aromatic heterocycles. The fraction of sp³-hybridized carbons (Fsp3) is 0. The Bertz CT molecular complexity index is 1340. The van der Waals surface area contributed by atoms with Gasteiger partial charge in [-0.1, -0.05) is 78.6 Å². The van der Waals surface area contributed by atoms with Crippen molar-refractivity contribution in [2.45, 2.75) is 0 Å². The van der Waals surface area contributed by atoms with Gasteiger partial charge in [0.05, 0.1) is 11.1 Å². The van der Waals surface area contributed by atoms with Crippen molar-refractivity contribution < 1.29 is 19.8 Å².